The second-order valence-corrected chi connectivity index (χ2v) is 6.24. The van der Waals surface area contributed by atoms with Gasteiger partial charge in [0.15, 0.2) is 0 Å². The summed E-state index contributed by atoms with van der Waals surface area (Å²) in [5.41, 5.74) is 6.63. The highest BCUT2D eigenvalue weighted by molar-refractivity contribution is 7.99. The summed E-state index contributed by atoms with van der Waals surface area (Å²) < 4.78 is 4.83. The van der Waals surface area contributed by atoms with Gasteiger partial charge in [-0.05, 0) is 31.2 Å². The largest absolute Gasteiger partial charge is 0.465 e. The Morgan fingerprint density at radius 3 is 2.43 bits per heavy atom. The number of thioether (sulfide) groups is 1. The first-order valence-electron chi connectivity index (χ1n) is 7.51. The Balaban J connectivity index is 1.73. The number of carbonyl (C=O) groups is 3. The molecule has 0 bridgehead atoms. The lowest BCUT2D eigenvalue weighted by Gasteiger charge is -2.14. The summed E-state index contributed by atoms with van der Waals surface area (Å²) >= 11 is 1.51. The van der Waals surface area contributed by atoms with Gasteiger partial charge in [0.05, 0.1) is 17.7 Å². The number of ether oxygens (including phenoxy) is 1. The Morgan fingerprint density at radius 1 is 1.26 bits per heavy atom. The van der Waals surface area contributed by atoms with Crippen LogP contribution in [0.2, 0.25) is 0 Å². The monoisotopic (exact) mass is 336 g/mol. The van der Waals surface area contributed by atoms with Gasteiger partial charge >= 0.3 is 5.97 Å². The topological polar surface area (TPSA) is 89.7 Å². The molecule has 0 radical (unpaired) electrons. The van der Waals surface area contributed by atoms with Crippen LogP contribution < -0.4 is 5.73 Å². The summed E-state index contributed by atoms with van der Waals surface area (Å²) in [6.07, 6.45) is 0.658. The average Bonchev–Trinajstić information content (AvgIpc) is 2.79. The Labute approximate surface area is 139 Å². The second kappa shape index (κ2) is 8.12. The van der Waals surface area contributed by atoms with E-state index in [-0.39, 0.29) is 11.8 Å². The van der Waals surface area contributed by atoms with Gasteiger partial charge in [-0.1, -0.05) is 12.1 Å². The van der Waals surface area contributed by atoms with Gasteiger partial charge in [-0.25, -0.2) is 0 Å². The molecule has 1 aliphatic heterocycles. The van der Waals surface area contributed by atoms with Crippen molar-refractivity contribution in [2.45, 2.75) is 19.4 Å². The number of nitrogens with zero attached hydrogens (tertiary/aromatic N) is 1. The molecular weight excluding hydrogens is 316 g/mol. The molecule has 1 aliphatic rings. The molecule has 124 valence electrons. The van der Waals surface area contributed by atoms with Crippen LogP contribution in [0.5, 0.6) is 0 Å². The number of hydrogen-bond donors (Lipinski definition) is 1. The predicted molar refractivity (Wildman–Crippen MR) is 88.4 cm³/mol. The van der Waals surface area contributed by atoms with Crippen LogP contribution in [-0.2, 0) is 9.53 Å². The molecule has 0 spiro atoms. The maximum absolute atomic E-state index is 12.2. The zero-order chi connectivity index (χ0) is 16.8. The molecule has 0 saturated heterocycles. The molecule has 0 fully saturated rings. The summed E-state index contributed by atoms with van der Waals surface area (Å²) in [6.45, 7) is 2.42. The van der Waals surface area contributed by atoms with Crippen LogP contribution in [0.3, 0.4) is 0 Å². The van der Waals surface area contributed by atoms with E-state index < -0.39 is 12.0 Å². The molecular formula is C16H20N2O4S. The molecule has 0 unspecified atom stereocenters. The fourth-order valence-electron chi connectivity index (χ4n) is 2.29. The fourth-order valence-corrected chi connectivity index (χ4v) is 3.18. The van der Waals surface area contributed by atoms with Crippen molar-refractivity contribution in [1.29, 1.82) is 0 Å². The Kier molecular flexibility index (Phi) is 6.18. The Bertz CT molecular complexity index is 570. The smallest absolute Gasteiger partial charge is 0.323 e. The summed E-state index contributed by atoms with van der Waals surface area (Å²) in [4.78, 5) is 37.0. The Hall–Kier alpha value is -1.86. The maximum atomic E-state index is 12.2. The minimum absolute atomic E-state index is 0.237. The fraction of sp³-hybridized carbons (Fsp3) is 0.438. The van der Waals surface area contributed by atoms with E-state index in [1.54, 1.807) is 31.2 Å². The van der Waals surface area contributed by atoms with Crippen molar-refractivity contribution in [3.8, 4) is 0 Å². The van der Waals surface area contributed by atoms with Gasteiger partial charge < -0.3 is 10.5 Å². The molecule has 7 heteroatoms. The van der Waals surface area contributed by atoms with Crippen LogP contribution in [0.4, 0.5) is 0 Å². The van der Waals surface area contributed by atoms with Gasteiger partial charge in [0, 0.05) is 12.3 Å². The number of esters is 1. The Morgan fingerprint density at radius 2 is 1.87 bits per heavy atom. The summed E-state index contributed by atoms with van der Waals surface area (Å²) in [7, 11) is 0. The zero-order valence-electron chi connectivity index (χ0n) is 13.0. The van der Waals surface area contributed by atoms with Gasteiger partial charge in [0.2, 0.25) is 0 Å². The third-order valence-corrected chi connectivity index (χ3v) is 4.61. The number of nitrogens with two attached hydrogens (primary N) is 1. The highest BCUT2D eigenvalue weighted by atomic mass is 32.2. The van der Waals surface area contributed by atoms with E-state index in [4.69, 9.17) is 10.5 Å². The second-order valence-electron chi connectivity index (χ2n) is 5.09. The average molecular weight is 336 g/mol. The molecule has 2 amide bonds. The molecule has 2 rings (SSSR count). The van der Waals surface area contributed by atoms with Crippen molar-refractivity contribution in [3.05, 3.63) is 35.4 Å². The van der Waals surface area contributed by atoms with Gasteiger partial charge in [0.25, 0.3) is 11.8 Å². The zero-order valence-corrected chi connectivity index (χ0v) is 13.8. The quantitative estimate of drug-likeness (QED) is 0.437. The van der Waals surface area contributed by atoms with Crippen molar-refractivity contribution >= 4 is 29.5 Å². The molecule has 2 N–H and O–H groups in total. The van der Waals surface area contributed by atoms with E-state index in [1.807, 2.05) is 0 Å². The molecule has 6 nitrogen and oxygen atoms in total. The van der Waals surface area contributed by atoms with Crippen LogP contribution in [0.25, 0.3) is 0 Å². The molecule has 1 atom stereocenters. The van der Waals surface area contributed by atoms with Crippen molar-refractivity contribution in [1.82, 2.24) is 4.90 Å². The van der Waals surface area contributed by atoms with Gasteiger partial charge in [0.1, 0.15) is 6.04 Å². The van der Waals surface area contributed by atoms with Crippen LogP contribution >= 0.6 is 11.8 Å². The van der Waals surface area contributed by atoms with E-state index in [1.165, 1.54) is 16.7 Å². The first kappa shape index (κ1) is 17.5. The van der Waals surface area contributed by atoms with Crippen LogP contribution in [-0.4, -0.2) is 53.4 Å². The van der Waals surface area contributed by atoms with Gasteiger partial charge in [-0.3, -0.25) is 19.3 Å². The number of amides is 2. The lowest BCUT2D eigenvalue weighted by atomic mass is 10.1. The summed E-state index contributed by atoms with van der Waals surface area (Å²) in [5.74, 6) is 0.291. The molecule has 0 saturated carbocycles. The first-order valence-corrected chi connectivity index (χ1v) is 8.67. The highest BCUT2D eigenvalue weighted by Crippen LogP contribution is 2.22. The minimum atomic E-state index is -0.640. The van der Waals surface area contributed by atoms with Crippen molar-refractivity contribution in [2.75, 3.05) is 24.7 Å². The highest BCUT2D eigenvalue weighted by Gasteiger charge is 2.34. The van der Waals surface area contributed by atoms with E-state index in [0.717, 1.165) is 0 Å². The van der Waals surface area contributed by atoms with Crippen molar-refractivity contribution in [2.24, 2.45) is 5.73 Å². The number of fused-ring (bicyclic) bond motifs is 1. The van der Waals surface area contributed by atoms with Gasteiger partial charge in [-0.15, -0.1) is 0 Å². The molecule has 1 aromatic carbocycles. The molecule has 1 aromatic rings. The van der Waals surface area contributed by atoms with E-state index in [2.05, 4.69) is 0 Å². The van der Waals surface area contributed by atoms with E-state index in [0.29, 0.717) is 42.2 Å². The molecule has 23 heavy (non-hydrogen) atoms. The van der Waals surface area contributed by atoms with E-state index in [9.17, 15) is 14.4 Å². The van der Waals surface area contributed by atoms with Crippen LogP contribution in [0, 0.1) is 0 Å². The third kappa shape index (κ3) is 4.11. The van der Waals surface area contributed by atoms with Crippen molar-refractivity contribution in [3.63, 3.8) is 0 Å². The first-order chi connectivity index (χ1) is 11.1. The SMILES string of the molecule is CCOC(=O)[C@H](N)CSCCCN1C(=O)c2ccccc2C1=O. The minimum Gasteiger partial charge on any atom is -0.465 e. The van der Waals surface area contributed by atoms with E-state index >= 15 is 0 Å². The van der Waals surface area contributed by atoms with Gasteiger partial charge in [-0.2, -0.15) is 11.8 Å². The van der Waals surface area contributed by atoms with Crippen LogP contribution in [0.1, 0.15) is 34.1 Å². The van der Waals surface area contributed by atoms with Crippen molar-refractivity contribution < 1.29 is 19.1 Å². The summed E-state index contributed by atoms with van der Waals surface area (Å²) in [6, 6.07) is 6.20. The number of rotatable bonds is 8. The number of benzene rings is 1. The number of hydrogen-bond acceptors (Lipinski definition) is 6. The normalized spacial score (nSPS) is 14.8. The summed E-state index contributed by atoms with van der Waals surface area (Å²) in [5, 5.41) is 0. The standard InChI is InChI=1S/C16H20N2O4S/c1-2-22-16(21)13(17)10-23-9-5-8-18-14(19)11-6-3-4-7-12(11)15(18)20/h3-4,6-7,13H,2,5,8-10,17H2,1H3/t13-/m1/s1. The molecule has 1 heterocycles. The molecule has 0 aromatic heterocycles. The third-order valence-electron chi connectivity index (χ3n) is 3.44. The maximum Gasteiger partial charge on any atom is 0.323 e. The molecule has 0 aliphatic carbocycles. The predicted octanol–water partition coefficient (Wildman–Crippen LogP) is 1.30. The lowest BCUT2D eigenvalue weighted by molar-refractivity contribution is -0.144. The lowest BCUT2D eigenvalue weighted by Crippen LogP contribution is -2.35. The number of imide groups is 1. The van der Waals surface area contributed by atoms with Crippen LogP contribution in [0.15, 0.2) is 24.3 Å². The number of carbonyl (C=O) groups excluding carboxylic acids is 3.